The molecule has 0 spiro atoms. The third kappa shape index (κ3) is 3.85. The summed E-state index contributed by atoms with van der Waals surface area (Å²) >= 11 is 0. The zero-order valence-corrected chi connectivity index (χ0v) is 15.5. The summed E-state index contributed by atoms with van der Waals surface area (Å²) in [6.45, 7) is 11.1. The number of piperidine rings is 1. The quantitative estimate of drug-likeness (QED) is 0.807. The van der Waals surface area contributed by atoms with Crippen molar-refractivity contribution in [2.45, 2.75) is 83.0 Å². The van der Waals surface area contributed by atoms with Gasteiger partial charge in [-0.2, -0.15) is 0 Å². The summed E-state index contributed by atoms with van der Waals surface area (Å²) < 4.78 is 0. The van der Waals surface area contributed by atoms with Gasteiger partial charge in [0.2, 0.25) is 5.91 Å². The normalized spacial score (nSPS) is 30.0. The Morgan fingerprint density at radius 1 is 1.17 bits per heavy atom. The minimum Gasteiger partial charge on any atom is -0.338 e. The van der Waals surface area contributed by atoms with E-state index in [0.29, 0.717) is 13.0 Å². The number of nitrogens with one attached hydrogen (secondary N) is 2. The molecule has 0 aromatic rings. The van der Waals surface area contributed by atoms with Crippen molar-refractivity contribution in [1.29, 1.82) is 0 Å². The summed E-state index contributed by atoms with van der Waals surface area (Å²) in [6.07, 6.45) is 4.40. The molecule has 24 heavy (non-hydrogen) atoms. The average Bonchev–Trinajstić information content (AvgIpc) is 3.02. The second-order valence-corrected chi connectivity index (χ2v) is 9.03. The van der Waals surface area contributed by atoms with Crippen molar-refractivity contribution in [2.75, 3.05) is 19.6 Å². The van der Waals surface area contributed by atoms with Crippen LogP contribution in [0.4, 0.5) is 4.79 Å². The number of likely N-dealkylation sites (tertiary alicyclic amines) is 2. The highest BCUT2D eigenvalue weighted by atomic mass is 16.2. The summed E-state index contributed by atoms with van der Waals surface area (Å²) in [5.41, 5.74) is 0.0461. The van der Waals surface area contributed by atoms with E-state index in [-0.39, 0.29) is 35.1 Å². The molecule has 6 nitrogen and oxygen atoms in total. The molecule has 2 N–H and O–H groups in total. The Bertz CT molecular complexity index is 501. The van der Waals surface area contributed by atoms with Crippen molar-refractivity contribution < 1.29 is 9.59 Å². The van der Waals surface area contributed by atoms with Crippen LogP contribution in [0.15, 0.2) is 0 Å². The molecule has 136 valence electrons. The molecule has 3 amide bonds. The van der Waals surface area contributed by atoms with Crippen molar-refractivity contribution in [2.24, 2.45) is 0 Å². The fourth-order valence-corrected chi connectivity index (χ4v) is 4.93. The Labute approximate surface area is 145 Å². The lowest BCUT2D eigenvalue weighted by Crippen LogP contribution is -2.62. The Morgan fingerprint density at radius 3 is 2.42 bits per heavy atom. The van der Waals surface area contributed by atoms with Crippen LogP contribution in [-0.2, 0) is 4.79 Å². The van der Waals surface area contributed by atoms with Crippen molar-refractivity contribution in [3.63, 3.8) is 0 Å². The first-order valence-corrected chi connectivity index (χ1v) is 9.29. The van der Waals surface area contributed by atoms with Crippen LogP contribution in [0.1, 0.15) is 59.8 Å². The van der Waals surface area contributed by atoms with Crippen LogP contribution < -0.4 is 10.6 Å². The van der Waals surface area contributed by atoms with Gasteiger partial charge in [0.05, 0.1) is 6.04 Å². The van der Waals surface area contributed by atoms with Crippen LogP contribution in [0, 0.1) is 0 Å². The molecule has 6 heteroatoms. The van der Waals surface area contributed by atoms with Gasteiger partial charge < -0.3 is 20.4 Å². The molecule has 0 aromatic carbocycles. The standard InChI is InChI=1S/C18H32N4O2/c1-17(2)10-13(11-18(3,4)20-17)19-16(24)21-9-7-14(12-21)22-8-5-6-15(22)23/h13-14,20H,5-12H2,1-4H3,(H,19,24). The SMILES string of the molecule is CC1(C)CC(NC(=O)N2CCC(N3CCCC3=O)C2)CC(C)(C)N1. The number of amides is 3. The summed E-state index contributed by atoms with van der Waals surface area (Å²) in [5.74, 6) is 0.254. The van der Waals surface area contributed by atoms with E-state index >= 15 is 0 Å². The van der Waals surface area contributed by atoms with Crippen LogP contribution in [-0.4, -0.2) is 64.5 Å². The number of rotatable bonds is 2. The predicted molar refractivity (Wildman–Crippen MR) is 93.8 cm³/mol. The maximum Gasteiger partial charge on any atom is 0.317 e. The van der Waals surface area contributed by atoms with E-state index in [0.717, 1.165) is 38.8 Å². The second kappa shape index (κ2) is 6.21. The zero-order chi connectivity index (χ0) is 17.5. The van der Waals surface area contributed by atoms with E-state index in [1.165, 1.54) is 0 Å². The molecule has 3 rings (SSSR count). The van der Waals surface area contributed by atoms with Crippen LogP contribution >= 0.6 is 0 Å². The lowest BCUT2D eigenvalue weighted by molar-refractivity contribution is -0.129. The van der Waals surface area contributed by atoms with Gasteiger partial charge in [-0.3, -0.25) is 4.79 Å². The van der Waals surface area contributed by atoms with E-state index in [9.17, 15) is 9.59 Å². The molecule has 1 unspecified atom stereocenters. The number of carbonyl (C=O) groups is 2. The second-order valence-electron chi connectivity index (χ2n) is 9.03. The predicted octanol–water partition coefficient (Wildman–Crippen LogP) is 1.70. The third-order valence-corrected chi connectivity index (χ3v) is 5.52. The maximum atomic E-state index is 12.7. The van der Waals surface area contributed by atoms with Crippen LogP contribution in [0.3, 0.4) is 0 Å². The summed E-state index contributed by atoms with van der Waals surface area (Å²) in [4.78, 5) is 28.4. The molecule has 1 atom stereocenters. The van der Waals surface area contributed by atoms with Gasteiger partial charge in [-0.25, -0.2) is 4.79 Å². The minimum absolute atomic E-state index is 0.0230. The molecule has 3 fully saturated rings. The van der Waals surface area contributed by atoms with Crippen molar-refractivity contribution in [3.8, 4) is 0 Å². The summed E-state index contributed by atoms with van der Waals surface area (Å²) in [6, 6.07) is 0.436. The van der Waals surface area contributed by atoms with Crippen LogP contribution in [0.25, 0.3) is 0 Å². The smallest absolute Gasteiger partial charge is 0.317 e. The number of urea groups is 1. The first-order chi connectivity index (χ1) is 11.2. The van der Waals surface area contributed by atoms with Crippen molar-refractivity contribution in [3.05, 3.63) is 0 Å². The number of hydrogen-bond acceptors (Lipinski definition) is 3. The maximum absolute atomic E-state index is 12.7. The fourth-order valence-electron chi connectivity index (χ4n) is 4.93. The van der Waals surface area contributed by atoms with Gasteiger partial charge in [-0.05, 0) is 53.4 Å². The largest absolute Gasteiger partial charge is 0.338 e. The topological polar surface area (TPSA) is 64.7 Å². The first kappa shape index (κ1) is 17.5. The average molecular weight is 336 g/mol. The molecular formula is C18H32N4O2. The molecule has 0 aliphatic carbocycles. The summed E-state index contributed by atoms with van der Waals surface area (Å²) in [7, 11) is 0. The van der Waals surface area contributed by atoms with E-state index in [1.807, 2.05) is 9.80 Å². The molecule has 3 aliphatic rings. The van der Waals surface area contributed by atoms with Crippen molar-refractivity contribution >= 4 is 11.9 Å². The number of hydrogen-bond donors (Lipinski definition) is 2. The van der Waals surface area contributed by atoms with Gasteiger partial charge in [0.25, 0.3) is 0 Å². The first-order valence-electron chi connectivity index (χ1n) is 9.29. The molecule has 3 saturated heterocycles. The van der Waals surface area contributed by atoms with Gasteiger partial charge in [0.15, 0.2) is 0 Å². The van der Waals surface area contributed by atoms with Gasteiger partial charge in [0, 0.05) is 43.2 Å². The van der Waals surface area contributed by atoms with Gasteiger partial charge in [-0.15, -0.1) is 0 Å². The molecule has 0 bridgehead atoms. The molecule has 0 radical (unpaired) electrons. The fraction of sp³-hybridized carbons (Fsp3) is 0.889. The van der Waals surface area contributed by atoms with E-state index < -0.39 is 0 Å². The zero-order valence-electron chi connectivity index (χ0n) is 15.5. The monoisotopic (exact) mass is 336 g/mol. The Balaban J connectivity index is 1.55. The minimum atomic E-state index is 0.0230. The van der Waals surface area contributed by atoms with Crippen molar-refractivity contribution in [1.82, 2.24) is 20.4 Å². The number of nitrogens with zero attached hydrogens (tertiary/aromatic N) is 2. The highest BCUT2D eigenvalue weighted by Gasteiger charge is 2.40. The Kier molecular flexibility index (Phi) is 4.53. The number of carbonyl (C=O) groups excluding carboxylic acids is 2. The molecule has 0 aromatic heterocycles. The molecule has 0 saturated carbocycles. The Hall–Kier alpha value is -1.30. The lowest BCUT2D eigenvalue weighted by Gasteiger charge is -2.46. The van der Waals surface area contributed by atoms with Gasteiger partial charge in [0.1, 0.15) is 0 Å². The van der Waals surface area contributed by atoms with E-state index in [4.69, 9.17) is 0 Å². The molecule has 3 aliphatic heterocycles. The van der Waals surface area contributed by atoms with Gasteiger partial charge >= 0.3 is 6.03 Å². The van der Waals surface area contributed by atoms with Crippen LogP contribution in [0.2, 0.25) is 0 Å². The lowest BCUT2D eigenvalue weighted by atomic mass is 9.80. The van der Waals surface area contributed by atoms with Gasteiger partial charge in [-0.1, -0.05) is 0 Å². The Morgan fingerprint density at radius 2 is 1.83 bits per heavy atom. The highest BCUT2D eigenvalue weighted by Crippen LogP contribution is 2.29. The molecular weight excluding hydrogens is 304 g/mol. The third-order valence-electron chi connectivity index (χ3n) is 5.52. The van der Waals surface area contributed by atoms with E-state index in [2.05, 4.69) is 38.3 Å². The van der Waals surface area contributed by atoms with Crippen LogP contribution in [0.5, 0.6) is 0 Å². The molecule has 3 heterocycles. The highest BCUT2D eigenvalue weighted by molar-refractivity contribution is 5.79. The summed E-state index contributed by atoms with van der Waals surface area (Å²) in [5, 5.41) is 6.88. The van der Waals surface area contributed by atoms with E-state index in [1.54, 1.807) is 0 Å².